The number of carbonyl (C=O) groups excluding carboxylic acids is 1. The molecule has 2 aromatic carbocycles. The second-order valence-corrected chi connectivity index (χ2v) is 7.37. The number of fused-ring (bicyclic) bond motifs is 1. The summed E-state index contributed by atoms with van der Waals surface area (Å²) in [7, 11) is 0. The number of para-hydroxylation sites is 1. The van der Waals surface area contributed by atoms with Crippen LogP contribution in [-0.4, -0.2) is 21.9 Å². The molecule has 1 aliphatic heterocycles. The molecule has 29 heavy (non-hydrogen) atoms. The minimum atomic E-state index is -0.294. The highest BCUT2D eigenvalue weighted by Gasteiger charge is 2.24. The van der Waals surface area contributed by atoms with Gasteiger partial charge in [-0.05, 0) is 60.4 Å². The lowest BCUT2D eigenvalue weighted by Crippen LogP contribution is -2.18. The van der Waals surface area contributed by atoms with Crippen LogP contribution in [0.3, 0.4) is 0 Å². The van der Waals surface area contributed by atoms with Crippen LogP contribution < -0.4 is 0 Å². The van der Waals surface area contributed by atoms with E-state index in [0.717, 1.165) is 53.2 Å². The van der Waals surface area contributed by atoms with Crippen LogP contribution in [0.5, 0.6) is 0 Å². The largest absolute Gasteiger partial charge is 0.299 e. The fourth-order valence-corrected chi connectivity index (χ4v) is 3.67. The monoisotopic (exact) mass is 387 g/mol. The van der Waals surface area contributed by atoms with Crippen LogP contribution in [-0.2, 0) is 11.2 Å². The highest BCUT2D eigenvalue weighted by molar-refractivity contribution is 5.94. The second kappa shape index (κ2) is 7.95. The second-order valence-electron chi connectivity index (χ2n) is 7.37. The number of benzene rings is 2. The molecule has 0 unspecified atom stereocenters. The molecular weight excluding hydrogens is 365 g/mol. The molecule has 0 saturated heterocycles. The third-order valence-corrected chi connectivity index (χ3v) is 5.06. The van der Waals surface area contributed by atoms with Crippen LogP contribution in [0.1, 0.15) is 43.0 Å². The van der Waals surface area contributed by atoms with Gasteiger partial charge in [-0.15, -0.1) is 0 Å². The molecule has 0 bridgehead atoms. The van der Waals surface area contributed by atoms with Gasteiger partial charge in [0.2, 0.25) is 0 Å². The zero-order valence-corrected chi connectivity index (χ0v) is 16.5. The number of hydrogen-bond donors (Lipinski definition) is 0. The van der Waals surface area contributed by atoms with Gasteiger partial charge in [0.05, 0.1) is 17.1 Å². The minimum absolute atomic E-state index is 0.151. The molecule has 0 aliphatic carbocycles. The summed E-state index contributed by atoms with van der Waals surface area (Å²) in [5.74, 6) is 0.701. The number of halogens is 1. The molecule has 0 atom stereocenters. The molecule has 0 amide bonds. The van der Waals surface area contributed by atoms with Crippen LogP contribution in [0.25, 0.3) is 17.3 Å². The first-order valence-corrected chi connectivity index (χ1v) is 9.75. The van der Waals surface area contributed by atoms with Crippen molar-refractivity contribution in [1.82, 2.24) is 9.78 Å². The van der Waals surface area contributed by atoms with E-state index in [1.54, 1.807) is 18.2 Å². The third kappa shape index (κ3) is 3.68. The zero-order chi connectivity index (χ0) is 20.4. The SMILES string of the molecule is CC(C)c1nn(C2=Nc3ccccc3CC2)c(-c2ccc(F)cc2)c1C=CC=O. The van der Waals surface area contributed by atoms with Crippen LogP contribution >= 0.6 is 0 Å². The predicted octanol–water partition coefficient (Wildman–Crippen LogP) is 5.55. The molecule has 0 spiro atoms. The average Bonchev–Trinajstić information content (AvgIpc) is 3.12. The summed E-state index contributed by atoms with van der Waals surface area (Å²) in [4.78, 5) is 15.9. The third-order valence-electron chi connectivity index (χ3n) is 5.06. The highest BCUT2D eigenvalue weighted by Crippen LogP contribution is 2.34. The van der Waals surface area contributed by atoms with E-state index < -0.39 is 0 Å². The number of nitrogens with zero attached hydrogens (tertiary/aromatic N) is 3. The van der Waals surface area contributed by atoms with E-state index in [1.165, 1.54) is 23.8 Å². The van der Waals surface area contributed by atoms with E-state index in [-0.39, 0.29) is 11.7 Å². The van der Waals surface area contributed by atoms with Crippen molar-refractivity contribution in [3.05, 3.63) is 77.2 Å². The molecule has 4 nitrogen and oxygen atoms in total. The quantitative estimate of drug-likeness (QED) is 0.435. The molecule has 3 aromatic rings. The smallest absolute Gasteiger partial charge is 0.142 e. The van der Waals surface area contributed by atoms with E-state index in [2.05, 4.69) is 19.9 Å². The van der Waals surface area contributed by atoms with Gasteiger partial charge >= 0.3 is 0 Å². The van der Waals surface area contributed by atoms with Gasteiger partial charge in [0.25, 0.3) is 0 Å². The molecule has 0 N–H and O–H groups in total. The lowest BCUT2D eigenvalue weighted by molar-refractivity contribution is -0.104. The summed E-state index contributed by atoms with van der Waals surface area (Å²) in [6, 6.07) is 14.5. The Balaban J connectivity index is 1.96. The summed E-state index contributed by atoms with van der Waals surface area (Å²) >= 11 is 0. The number of rotatable bonds is 4. The Morgan fingerprint density at radius 3 is 2.55 bits per heavy atom. The number of aliphatic imine (C=N–C) groups is 1. The van der Waals surface area contributed by atoms with Crippen molar-refractivity contribution in [2.45, 2.75) is 32.6 Å². The van der Waals surface area contributed by atoms with Gasteiger partial charge in [0.1, 0.15) is 17.9 Å². The molecule has 0 fully saturated rings. The number of aldehydes is 1. The Morgan fingerprint density at radius 1 is 1.07 bits per heavy atom. The van der Waals surface area contributed by atoms with Crippen molar-refractivity contribution in [2.75, 3.05) is 0 Å². The normalized spacial score (nSPS) is 13.6. The van der Waals surface area contributed by atoms with Crippen molar-refractivity contribution < 1.29 is 9.18 Å². The van der Waals surface area contributed by atoms with E-state index in [1.807, 2.05) is 22.9 Å². The van der Waals surface area contributed by atoms with Crippen LogP contribution in [0, 0.1) is 5.82 Å². The van der Waals surface area contributed by atoms with Gasteiger partial charge in [-0.25, -0.2) is 14.1 Å². The number of carbonyl (C=O) groups is 1. The molecule has 5 heteroatoms. The fourth-order valence-electron chi connectivity index (χ4n) is 3.67. The predicted molar refractivity (Wildman–Crippen MR) is 114 cm³/mol. The lowest BCUT2D eigenvalue weighted by Gasteiger charge is -2.17. The molecule has 146 valence electrons. The van der Waals surface area contributed by atoms with Crippen molar-refractivity contribution in [1.29, 1.82) is 0 Å². The summed E-state index contributed by atoms with van der Waals surface area (Å²) in [5, 5.41) is 4.88. The first kappa shape index (κ1) is 19.0. The van der Waals surface area contributed by atoms with E-state index in [4.69, 9.17) is 10.1 Å². The molecule has 4 rings (SSSR count). The summed E-state index contributed by atoms with van der Waals surface area (Å²) in [6.07, 6.45) is 5.64. The standard InChI is InChI=1S/C24H22FN3O/c1-16(2)23-20(7-5-15-29)24(18-9-12-19(25)13-10-18)28(27-23)22-14-11-17-6-3-4-8-21(17)26-22/h3-10,12-13,15-16H,11,14H2,1-2H3. The number of aryl methyl sites for hydroxylation is 1. The van der Waals surface area contributed by atoms with Gasteiger partial charge in [-0.2, -0.15) is 5.10 Å². The Kier molecular flexibility index (Phi) is 5.21. The van der Waals surface area contributed by atoms with Crippen molar-refractivity contribution in [3.8, 4) is 11.3 Å². The van der Waals surface area contributed by atoms with Gasteiger partial charge in [-0.1, -0.05) is 32.0 Å². The molecule has 0 radical (unpaired) electrons. The Bertz CT molecular complexity index is 1110. The van der Waals surface area contributed by atoms with Crippen LogP contribution in [0.15, 0.2) is 59.6 Å². The van der Waals surface area contributed by atoms with E-state index >= 15 is 0 Å². The molecule has 1 aromatic heterocycles. The van der Waals surface area contributed by atoms with Crippen LogP contribution in [0.2, 0.25) is 0 Å². The highest BCUT2D eigenvalue weighted by atomic mass is 19.1. The Morgan fingerprint density at radius 2 is 1.83 bits per heavy atom. The first-order chi connectivity index (χ1) is 14.1. The number of allylic oxidation sites excluding steroid dienone is 1. The maximum absolute atomic E-state index is 13.6. The molecule has 0 saturated carbocycles. The fraction of sp³-hybridized carbons (Fsp3) is 0.208. The maximum atomic E-state index is 13.6. The zero-order valence-electron chi connectivity index (χ0n) is 16.5. The maximum Gasteiger partial charge on any atom is 0.142 e. The van der Waals surface area contributed by atoms with Gasteiger partial charge in [-0.3, -0.25) is 4.79 Å². The minimum Gasteiger partial charge on any atom is -0.299 e. The van der Waals surface area contributed by atoms with E-state index in [9.17, 15) is 9.18 Å². The topological polar surface area (TPSA) is 47.2 Å². The van der Waals surface area contributed by atoms with Crippen LogP contribution in [0.4, 0.5) is 10.1 Å². The van der Waals surface area contributed by atoms with Gasteiger partial charge in [0, 0.05) is 17.5 Å². The lowest BCUT2D eigenvalue weighted by atomic mass is 9.99. The molecule has 1 aliphatic rings. The Labute approximate surface area is 169 Å². The van der Waals surface area contributed by atoms with Crippen molar-refractivity contribution in [2.24, 2.45) is 4.99 Å². The van der Waals surface area contributed by atoms with Gasteiger partial charge < -0.3 is 0 Å². The van der Waals surface area contributed by atoms with E-state index in [0.29, 0.717) is 0 Å². The first-order valence-electron chi connectivity index (χ1n) is 9.75. The molecular formula is C24H22FN3O. The number of aromatic nitrogens is 2. The summed E-state index contributed by atoms with van der Waals surface area (Å²) < 4.78 is 15.4. The average molecular weight is 387 g/mol. The van der Waals surface area contributed by atoms with Crippen molar-refractivity contribution in [3.63, 3.8) is 0 Å². The number of hydrogen-bond acceptors (Lipinski definition) is 3. The molecule has 2 heterocycles. The summed E-state index contributed by atoms with van der Waals surface area (Å²) in [5.41, 5.74) is 5.56. The Hall–Kier alpha value is -3.34. The van der Waals surface area contributed by atoms with Crippen molar-refractivity contribution >= 4 is 23.9 Å². The summed E-state index contributed by atoms with van der Waals surface area (Å²) in [6.45, 7) is 4.13. The van der Waals surface area contributed by atoms with Gasteiger partial charge in [0.15, 0.2) is 0 Å².